The van der Waals surface area contributed by atoms with E-state index in [1.807, 2.05) is 11.5 Å². The molecule has 0 aliphatic carbocycles. The standard InChI is InChI=1S/C20H27FN6O/c1-2-27-14-24-17-18(23-13-15-7-9-16(21)10-8-15)25-20(26-19(17)27)22-11-5-3-4-6-12-28/h7-10,14,28H,2-6,11-13H2,1H3,(H2,22,23,25,26). The van der Waals surface area contributed by atoms with Gasteiger partial charge in [0.2, 0.25) is 5.95 Å². The number of unbranched alkanes of at least 4 members (excludes halogenated alkanes) is 3. The van der Waals surface area contributed by atoms with Crippen LogP contribution in [0.25, 0.3) is 11.2 Å². The highest BCUT2D eigenvalue weighted by atomic mass is 19.1. The van der Waals surface area contributed by atoms with Crippen LogP contribution in [0.3, 0.4) is 0 Å². The van der Waals surface area contributed by atoms with Crippen molar-refractivity contribution >= 4 is 22.9 Å². The van der Waals surface area contributed by atoms with E-state index in [-0.39, 0.29) is 12.4 Å². The number of anilines is 2. The fraction of sp³-hybridized carbons (Fsp3) is 0.450. The molecule has 2 aromatic heterocycles. The molecule has 150 valence electrons. The lowest BCUT2D eigenvalue weighted by atomic mass is 10.2. The van der Waals surface area contributed by atoms with Crippen molar-refractivity contribution < 1.29 is 9.50 Å². The summed E-state index contributed by atoms with van der Waals surface area (Å²) in [6, 6.07) is 6.39. The van der Waals surface area contributed by atoms with E-state index < -0.39 is 0 Å². The highest BCUT2D eigenvalue weighted by Gasteiger charge is 2.12. The molecule has 0 saturated heterocycles. The van der Waals surface area contributed by atoms with E-state index in [0.29, 0.717) is 18.3 Å². The molecule has 28 heavy (non-hydrogen) atoms. The summed E-state index contributed by atoms with van der Waals surface area (Å²) in [5.74, 6) is 0.969. The number of halogens is 1. The van der Waals surface area contributed by atoms with E-state index in [2.05, 4.69) is 25.6 Å². The van der Waals surface area contributed by atoms with Crippen molar-refractivity contribution in [2.75, 3.05) is 23.8 Å². The molecule has 0 aliphatic heterocycles. The van der Waals surface area contributed by atoms with Crippen molar-refractivity contribution in [2.45, 2.75) is 45.7 Å². The van der Waals surface area contributed by atoms with Gasteiger partial charge in [-0.15, -0.1) is 0 Å². The molecule has 3 N–H and O–H groups in total. The highest BCUT2D eigenvalue weighted by molar-refractivity contribution is 5.84. The maximum atomic E-state index is 13.1. The van der Waals surface area contributed by atoms with E-state index in [1.54, 1.807) is 18.5 Å². The minimum Gasteiger partial charge on any atom is -0.396 e. The van der Waals surface area contributed by atoms with E-state index in [0.717, 1.165) is 55.5 Å². The monoisotopic (exact) mass is 386 g/mol. The van der Waals surface area contributed by atoms with Crippen molar-refractivity contribution in [3.05, 3.63) is 42.0 Å². The second-order valence-electron chi connectivity index (χ2n) is 6.64. The van der Waals surface area contributed by atoms with Crippen LogP contribution >= 0.6 is 0 Å². The number of fused-ring (bicyclic) bond motifs is 1. The number of hydrogen-bond acceptors (Lipinski definition) is 6. The fourth-order valence-electron chi connectivity index (χ4n) is 2.96. The number of aliphatic hydroxyl groups is 1. The first-order chi connectivity index (χ1) is 13.7. The van der Waals surface area contributed by atoms with Gasteiger partial charge in [-0.3, -0.25) is 0 Å². The molecule has 0 bridgehead atoms. The summed E-state index contributed by atoms with van der Waals surface area (Å²) in [7, 11) is 0. The molecule has 0 aliphatic rings. The van der Waals surface area contributed by atoms with Gasteiger partial charge in [0.15, 0.2) is 17.0 Å². The topological polar surface area (TPSA) is 87.9 Å². The minimum atomic E-state index is -0.250. The van der Waals surface area contributed by atoms with Crippen LogP contribution in [0.4, 0.5) is 16.2 Å². The summed E-state index contributed by atoms with van der Waals surface area (Å²) in [6.07, 6.45) is 5.67. The Morgan fingerprint density at radius 1 is 1.04 bits per heavy atom. The summed E-state index contributed by atoms with van der Waals surface area (Å²) in [6.45, 7) is 4.35. The lowest BCUT2D eigenvalue weighted by molar-refractivity contribution is 0.283. The molecule has 3 aromatic rings. The van der Waals surface area contributed by atoms with Crippen molar-refractivity contribution in [3.8, 4) is 0 Å². The molecule has 2 heterocycles. The Morgan fingerprint density at radius 2 is 1.82 bits per heavy atom. The minimum absolute atomic E-state index is 0.247. The van der Waals surface area contributed by atoms with Gasteiger partial charge in [-0.05, 0) is 37.5 Å². The normalized spacial score (nSPS) is 11.1. The molecule has 1 aromatic carbocycles. The molecule has 0 unspecified atom stereocenters. The first kappa shape index (κ1) is 20.0. The second-order valence-corrected chi connectivity index (χ2v) is 6.64. The predicted molar refractivity (Wildman–Crippen MR) is 109 cm³/mol. The third kappa shape index (κ3) is 5.16. The Hall–Kier alpha value is -2.74. The summed E-state index contributed by atoms with van der Waals surface area (Å²) in [5, 5.41) is 15.4. The molecule has 7 nitrogen and oxygen atoms in total. The van der Waals surface area contributed by atoms with Crippen LogP contribution in [-0.2, 0) is 13.1 Å². The van der Waals surface area contributed by atoms with Crippen LogP contribution in [0.5, 0.6) is 0 Å². The van der Waals surface area contributed by atoms with Crippen LogP contribution in [0.1, 0.15) is 38.2 Å². The maximum absolute atomic E-state index is 13.1. The van der Waals surface area contributed by atoms with E-state index in [9.17, 15) is 4.39 Å². The number of rotatable bonds is 11. The smallest absolute Gasteiger partial charge is 0.226 e. The SMILES string of the molecule is CCn1cnc2c(NCc3ccc(F)cc3)nc(NCCCCCCO)nc21. The highest BCUT2D eigenvalue weighted by Crippen LogP contribution is 2.21. The van der Waals surface area contributed by atoms with Crippen molar-refractivity contribution in [3.63, 3.8) is 0 Å². The van der Waals surface area contributed by atoms with Gasteiger partial charge in [0.25, 0.3) is 0 Å². The molecule has 3 rings (SSSR count). The zero-order valence-corrected chi connectivity index (χ0v) is 16.2. The first-order valence-electron chi connectivity index (χ1n) is 9.77. The molecule has 0 fully saturated rings. The van der Waals surface area contributed by atoms with Gasteiger partial charge < -0.3 is 20.3 Å². The summed E-state index contributed by atoms with van der Waals surface area (Å²) >= 11 is 0. The van der Waals surface area contributed by atoms with Gasteiger partial charge in [-0.1, -0.05) is 25.0 Å². The maximum Gasteiger partial charge on any atom is 0.226 e. The van der Waals surface area contributed by atoms with Crippen molar-refractivity contribution in [1.82, 2.24) is 19.5 Å². The predicted octanol–water partition coefficient (Wildman–Crippen LogP) is 3.56. The average molecular weight is 386 g/mol. The molecule has 8 heteroatoms. The van der Waals surface area contributed by atoms with E-state index in [1.165, 1.54) is 12.1 Å². The number of imidazole rings is 1. The number of nitrogens with zero attached hydrogens (tertiary/aromatic N) is 4. The van der Waals surface area contributed by atoms with E-state index >= 15 is 0 Å². The van der Waals surface area contributed by atoms with Gasteiger partial charge in [0.1, 0.15) is 5.82 Å². The number of benzene rings is 1. The lowest BCUT2D eigenvalue weighted by Gasteiger charge is -2.10. The third-order valence-corrected chi connectivity index (χ3v) is 4.55. The Morgan fingerprint density at radius 3 is 2.57 bits per heavy atom. The van der Waals surface area contributed by atoms with Crippen LogP contribution in [0.2, 0.25) is 0 Å². The van der Waals surface area contributed by atoms with Gasteiger partial charge in [-0.25, -0.2) is 9.37 Å². The molecular formula is C20H27FN6O. The lowest BCUT2D eigenvalue weighted by Crippen LogP contribution is -2.10. The Labute approximate surface area is 164 Å². The zero-order valence-electron chi connectivity index (χ0n) is 16.2. The molecule has 0 spiro atoms. The average Bonchev–Trinajstić information content (AvgIpc) is 3.13. The molecule has 0 amide bonds. The number of hydrogen-bond donors (Lipinski definition) is 3. The molecule has 0 radical (unpaired) electrons. The molecule has 0 saturated carbocycles. The van der Waals surface area contributed by atoms with Gasteiger partial charge in [0, 0.05) is 26.2 Å². The Balaban J connectivity index is 1.72. The quantitative estimate of drug-likeness (QED) is 0.437. The fourth-order valence-corrected chi connectivity index (χ4v) is 2.96. The number of aliphatic hydroxyl groups excluding tert-OH is 1. The molecular weight excluding hydrogens is 359 g/mol. The largest absolute Gasteiger partial charge is 0.396 e. The number of aromatic nitrogens is 4. The Bertz CT molecular complexity index is 880. The van der Waals surface area contributed by atoms with Gasteiger partial charge in [-0.2, -0.15) is 9.97 Å². The number of aryl methyl sites for hydroxylation is 1. The summed E-state index contributed by atoms with van der Waals surface area (Å²) in [4.78, 5) is 13.7. The van der Waals surface area contributed by atoms with Gasteiger partial charge >= 0.3 is 0 Å². The van der Waals surface area contributed by atoms with Crippen molar-refractivity contribution in [1.29, 1.82) is 0 Å². The first-order valence-corrected chi connectivity index (χ1v) is 9.77. The van der Waals surface area contributed by atoms with Crippen LogP contribution in [-0.4, -0.2) is 37.8 Å². The van der Waals surface area contributed by atoms with E-state index in [4.69, 9.17) is 5.11 Å². The zero-order chi connectivity index (χ0) is 19.8. The van der Waals surface area contributed by atoms with Crippen LogP contribution in [0.15, 0.2) is 30.6 Å². The summed E-state index contributed by atoms with van der Waals surface area (Å²) < 4.78 is 15.1. The third-order valence-electron chi connectivity index (χ3n) is 4.55. The number of nitrogens with one attached hydrogen (secondary N) is 2. The van der Waals surface area contributed by atoms with Crippen LogP contribution in [0, 0.1) is 5.82 Å². The summed E-state index contributed by atoms with van der Waals surface area (Å²) in [5.41, 5.74) is 2.46. The second kappa shape index (κ2) is 9.98. The van der Waals surface area contributed by atoms with Crippen LogP contribution < -0.4 is 10.6 Å². The molecule has 0 atom stereocenters. The van der Waals surface area contributed by atoms with Crippen molar-refractivity contribution in [2.24, 2.45) is 0 Å². The Kier molecular flexibility index (Phi) is 7.13. The van der Waals surface area contributed by atoms with Gasteiger partial charge in [0.05, 0.1) is 6.33 Å².